The third-order valence-corrected chi connectivity index (χ3v) is 2.25. The van der Waals surface area contributed by atoms with Crippen LogP contribution in [0.2, 0.25) is 0 Å². The van der Waals surface area contributed by atoms with Gasteiger partial charge in [0.15, 0.2) is 0 Å². The molecule has 138 valence electrons. The predicted molar refractivity (Wildman–Crippen MR) is 96.2 cm³/mol. The van der Waals surface area contributed by atoms with E-state index in [1.807, 2.05) is 41.5 Å². The summed E-state index contributed by atoms with van der Waals surface area (Å²) in [6.07, 6.45) is 0. The molecule has 0 aliphatic carbocycles. The van der Waals surface area contributed by atoms with Crippen molar-refractivity contribution in [3.8, 4) is 0 Å². The van der Waals surface area contributed by atoms with Crippen molar-refractivity contribution in [1.82, 2.24) is 0 Å². The second-order valence-corrected chi connectivity index (χ2v) is 3.79. The Morgan fingerprint density at radius 1 is 0.500 bits per heavy atom. The molecular weight excluding hydrogens is 316 g/mol. The van der Waals surface area contributed by atoms with Gasteiger partial charge in [-0.3, -0.25) is 0 Å². The molecule has 0 atom stereocenters. The van der Waals surface area contributed by atoms with E-state index >= 15 is 0 Å². The van der Waals surface area contributed by atoms with Crippen LogP contribution < -0.4 is 0 Å². The average molecular weight is 346 g/mol. The van der Waals surface area contributed by atoms with Crippen LogP contribution in [-0.4, -0.2) is 0 Å². The van der Waals surface area contributed by atoms with E-state index in [0.717, 1.165) is 24.3 Å². The molecule has 2 aromatic rings. The van der Waals surface area contributed by atoms with Crippen LogP contribution in [0.3, 0.4) is 0 Å². The molecule has 0 aromatic heterocycles. The van der Waals surface area contributed by atoms with Gasteiger partial charge in [-0.05, 0) is 49.2 Å². The maximum atomic E-state index is 12.3. The number of aryl methyl sites for hydroxylation is 2. The standard InChI is InChI=1S/2C7H6F2.3C2H6/c1-5-4-6(8)2-3-7(5)9;1-5-2-3-6(8)4-7(5)9;3*1-2/h2*2-4H,1H3;3*1-2H3. The maximum absolute atomic E-state index is 12.3. The summed E-state index contributed by atoms with van der Waals surface area (Å²) in [7, 11) is 0. The highest BCUT2D eigenvalue weighted by molar-refractivity contribution is 5.16. The first kappa shape index (κ1) is 27.0. The van der Waals surface area contributed by atoms with Crippen LogP contribution >= 0.6 is 0 Å². The van der Waals surface area contributed by atoms with Gasteiger partial charge in [-0.15, -0.1) is 0 Å². The lowest BCUT2D eigenvalue weighted by Crippen LogP contribution is -1.81. The Kier molecular flexibility index (Phi) is 19.7. The predicted octanol–water partition coefficient (Wildman–Crippen LogP) is 7.63. The van der Waals surface area contributed by atoms with E-state index in [-0.39, 0.29) is 5.82 Å². The number of halogens is 4. The first-order valence-electron chi connectivity index (χ1n) is 8.23. The van der Waals surface area contributed by atoms with Gasteiger partial charge < -0.3 is 0 Å². The highest BCUT2D eigenvalue weighted by Gasteiger charge is 1.96. The molecule has 0 bridgehead atoms. The number of hydrogen-bond donors (Lipinski definition) is 0. The first-order chi connectivity index (χ1) is 11.4. The van der Waals surface area contributed by atoms with Crippen molar-refractivity contribution in [2.45, 2.75) is 55.4 Å². The van der Waals surface area contributed by atoms with Gasteiger partial charge in [0.1, 0.15) is 23.3 Å². The van der Waals surface area contributed by atoms with Gasteiger partial charge in [-0.1, -0.05) is 47.6 Å². The topological polar surface area (TPSA) is 0 Å². The molecule has 0 heterocycles. The Bertz CT molecular complexity index is 488. The molecule has 0 N–H and O–H groups in total. The molecule has 0 nitrogen and oxygen atoms in total. The van der Waals surface area contributed by atoms with Crippen molar-refractivity contribution in [3.63, 3.8) is 0 Å². The molecule has 0 aliphatic heterocycles. The van der Waals surface area contributed by atoms with Crippen molar-refractivity contribution in [1.29, 1.82) is 0 Å². The van der Waals surface area contributed by atoms with E-state index in [2.05, 4.69) is 0 Å². The lowest BCUT2D eigenvalue weighted by Gasteiger charge is -1.92. The minimum Gasteiger partial charge on any atom is -0.207 e. The smallest absolute Gasteiger partial charge is 0.129 e. The Morgan fingerprint density at radius 3 is 1.25 bits per heavy atom. The Hall–Kier alpha value is -1.84. The largest absolute Gasteiger partial charge is 0.207 e. The second-order valence-electron chi connectivity index (χ2n) is 3.79. The minimum absolute atomic E-state index is 0.343. The Labute approximate surface area is 144 Å². The van der Waals surface area contributed by atoms with Crippen molar-refractivity contribution >= 4 is 0 Å². The zero-order valence-electron chi connectivity index (χ0n) is 16.0. The molecule has 0 radical (unpaired) electrons. The molecule has 0 saturated carbocycles. The first-order valence-corrected chi connectivity index (χ1v) is 8.23. The van der Waals surface area contributed by atoms with Crippen LogP contribution in [0.1, 0.15) is 52.7 Å². The van der Waals surface area contributed by atoms with Gasteiger partial charge >= 0.3 is 0 Å². The van der Waals surface area contributed by atoms with Gasteiger partial charge in [-0.2, -0.15) is 0 Å². The second kappa shape index (κ2) is 17.5. The molecule has 0 unspecified atom stereocenters. The molecule has 0 saturated heterocycles. The molecule has 2 aromatic carbocycles. The SMILES string of the molecule is CC.CC.CC.Cc1cc(F)ccc1F.Cc1ccc(F)cc1F. The number of rotatable bonds is 0. The normalized spacial score (nSPS) is 8.00. The van der Waals surface area contributed by atoms with Gasteiger partial charge in [-0.25, -0.2) is 17.6 Å². The highest BCUT2D eigenvalue weighted by atomic mass is 19.1. The van der Waals surface area contributed by atoms with Crippen molar-refractivity contribution in [2.75, 3.05) is 0 Å². The number of hydrogen-bond acceptors (Lipinski definition) is 0. The molecule has 0 spiro atoms. The summed E-state index contributed by atoms with van der Waals surface area (Å²) in [6, 6.07) is 6.89. The van der Waals surface area contributed by atoms with E-state index in [9.17, 15) is 17.6 Å². The van der Waals surface area contributed by atoms with Gasteiger partial charge in [0, 0.05) is 6.07 Å². The molecule has 0 fully saturated rings. The Balaban J connectivity index is -0.000000281. The fraction of sp³-hybridized carbons (Fsp3) is 0.400. The molecule has 4 heteroatoms. The summed E-state index contributed by atoms with van der Waals surface area (Å²) in [6.45, 7) is 15.1. The van der Waals surface area contributed by atoms with Crippen LogP contribution in [0.15, 0.2) is 36.4 Å². The van der Waals surface area contributed by atoms with Crippen LogP contribution in [0.25, 0.3) is 0 Å². The molecule has 0 aliphatic rings. The molecule has 24 heavy (non-hydrogen) atoms. The minimum atomic E-state index is -0.530. The van der Waals surface area contributed by atoms with Crippen LogP contribution in [-0.2, 0) is 0 Å². The van der Waals surface area contributed by atoms with Gasteiger partial charge in [0.05, 0.1) is 0 Å². The summed E-state index contributed by atoms with van der Waals surface area (Å²) in [4.78, 5) is 0. The quantitative estimate of drug-likeness (QED) is 0.430. The maximum Gasteiger partial charge on any atom is 0.129 e. The molecule has 0 amide bonds. The molecule has 2 rings (SSSR count). The van der Waals surface area contributed by atoms with E-state index in [1.165, 1.54) is 19.1 Å². The zero-order valence-corrected chi connectivity index (χ0v) is 16.0. The van der Waals surface area contributed by atoms with Crippen molar-refractivity contribution < 1.29 is 17.6 Å². The fourth-order valence-electron chi connectivity index (χ4n) is 1.18. The van der Waals surface area contributed by atoms with E-state index in [4.69, 9.17) is 0 Å². The van der Waals surface area contributed by atoms with Gasteiger partial charge in [0.25, 0.3) is 0 Å². The third kappa shape index (κ3) is 12.7. The summed E-state index contributed by atoms with van der Waals surface area (Å²) in [5, 5.41) is 0. The summed E-state index contributed by atoms with van der Waals surface area (Å²) >= 11 is 0. The third-order valence-electron chi connectivity index (χ3n) is 2.25. The lowest BCUT2D eigenvalue weighted by molar-refractivity contribution is 0.577. The van der Waals surface area contributed by atoms with Gasteiger partial charge in [0.2, 0.25) is 0 Å². The average Bonchev–Trinajstić information content (AvgIpc) is 2.61. The fourth-order valence-corrected chi connectivity index (χ4v) is 1.18. The van der Waals surface area contributed by atoms with E-state index < -0.39 is 17.5 Å². The number of benzene rings is 2. The summed E-state index contributed by atoms with van der Waals surface area (Å²) in [5.74, 6) is -1.78. The summed E-state index contributed by atoms with van der Waals surface area (Å²) < 4.78 is 49.0. The monoisotopic (exact) mass is 346 g/mol. The van der Waals surface area contributed by atoms with Crippen molar-refractivity contribution in [3.05, 3.63) is 70.8 Å². The van der Waals surface area contributed by atoms with E-state index in [1.54, 1.807) is 6.92 Å². The van der Waals surface area contributed by atoms with Crippen LogP contribution in [0.4, 0.5) is 17.6 Å². The molecular formula is C20H30F4. The van der Waals surface area contributed by atoms with Crippen molar-refractivity contribution in [2.24, 2.45) is 0 Å². The van der Waals surface area contributed by atoms with Crippen LogP contribution in [0, 0.1) is 37.1 Å². The van der Waals surface area contributed by atoms with E-state index in [0.29, 0.717) is 11.1 Å². The summed E-state index contributed by atoms with van der Waals surface area (Å²) in [5.41, 5.74) is 0.811. The highest BCUT2D eigenvalue weighted by Crippen LogP contribution is 2.07. The Morgan fingerprint density at radius 2 is 0.917 bits per heavy atom. The lowest BCUT2D eigenvalue weighted by atomic mass is 10.2. The van der Waals surface area contributed by atoms with Crippen LogP contribution in [0.5, 0.6) is 0 Å². The zero-order chi connectivity index (χ0) is 19.7.